The fourth-order valence-electron chi connectivity index (χ4n) is 3.27. The molecule has 4 heterocycles. The van der Waals surface area contributed by atoms with E-state index in [9.17, 15) is 4.39 Å². The van der Waals surface area contributed by atoms with Gasteiger partial charge in [0.1, 0.15) is 0 Å². The average molecular weight is 330 g/mol. The van der Waals surface area contributed by atoms with Gasteiger partial charge < -0.3 is 10.6 Å². The van der Waals surface area contributed by atoms with E-state index in [4.69, 9.17) is 5.73 Å². The lowest BCUT2D eigenvalue weighted by Gasteiger charge is -2.36. The standard InChI is InChI=1S/C15H15FN6S/c16-12-6-20-14(21-7-12)22-8-11-5-19-13(17)23-15(11,9-22)10-1-3-18-4-2-10/h1-4,6-7,11H,5,8-9H2,(H2,17,19). The van der Waals surface area contributed by atoms with E-state index in [0.717, 1.165) is 6.54 Å². The van der Waals surface area contributed by atoms with Crippen LogP contribution in [0, 0.1) is 11.7 Å². The van der Waals surface area contributed by atoms with Gasteiger partial charge in [-0.05, 0) is 17.7 Å². The summed E-state index contributed by atoms with van der Waals surface area (Å²) in [5, 5.41) is 0.597. The van der Waals surface area contributed by atoms with Gasteiger partial charge in [-0.25, -0.2) is 14.4 Å². The van der Waals surface area contributed by atoms with Gasteiger partial charge in [0.05, 0.1) is 17.1 Å². The highest BCUT2D eigenvalue weighted by molar-refractivity contribution is 8.14. The minimum absolute atomic E-state index is 0.202. The zero-order chi connectivity index (χ0) is 15.9. The lowest BCUT2D eigenvalue weighted by Crippen LogP contribution is -2.39. The van der Waals surface area contributed by atoms with E-state index in [0.29, 0.717) is 24.2 Å². The number of nitrogens with two attached hydrogens (primary N) is 1. The molecule has 6 nitrogen and oxygen atoms in total. The third-order valence-electron chi connectivity index (χ3n) is 4.34. The van der Waals surface area contributed by atoms with Gasteiger partial charge in [0.25, 0.3) is 0 Å². The summed E-state index contributed by atoms with van der Waals surface area (Å²) >= 11 is 1.59. The predicted molar refractivity (Wildman–Crippen MR) is 87.7 cm³/mol. The maximum atomic E-state index is 13.1. The largest absolute Gasteiger partial charge is 0.379 e. The van der Waals surface area contributed by atoms with Crippen molar-refractivity contribution in [3.63, 3.8) is 0 Å². The summed E-state index contributed by atoms with van der Waals surface area (Å²) in [6.45, 7) is 2.13. The van der Waals surface area contributed by atoms with Gasteiger partial charge in [-0.2, -0.15) is 0 Å². The van der Waals surface area contributed by atoms with Crippen molar-refractivity contribution in [2.24, 2.45) is 16.6 Å². The van der Waals surface area contributed by atoms with Crippen LogP contribution in [0.2, 0.25) is 0 Å². The number of hydrogen-bond donors (Lipinski definition) is 1. The van der Waals surface area contributed by atoms with Crippen molar-refractivity contribution in [2.45, 2.75) is 4.75 Å². The van der Waals surface area contributed by atoms with Gasteiger partial charge in [-0.3, -0.25) is 9.98 Å². The molecule has 1 saturated heterocycles. The number of anilines is 1. The number of nitrogens with zero attached hydrogens (tertiary/aromatic N) is 5. The Bertz CT molecular complexity index is 737. The first-order chi connectivity index (χ1) is 11.2. The third-order valence-corrected chi connectivity index (χ3v) is 5.74. The highest BCUT2D eigenvalue weighted by Gasteiger charge is 2.51. The number of aliphatic imine (C=N–C) groups is 1. The van der Waals surface area contributed by atoms with Crippen LogP contribution in [0.15, 0.2) is 41.9 Å². The number of amidine groups is 1. The molecule has 4 rings (SSSR count). The highest BCUT2D eigenvalue weighted by Crippen LogP contribution is 2.50. The smallest absolute Gasteiger partial charge is 0.225 e. The molecule has 0 spiro atoms. The predicted octanol–water partition coefficient (Wildman–Crippen LogP) is 1.40. The van der Waals surface area contributed by atoms with Gasteiger partial charge >= 0.3 is 0 Å². The molecule has 2 unspecified atom stereocenters. The maximum Gasteiger partial charge on any atom is 0.225 e. The lowest BCUT2D eigenvalue weighted by atomic mass is 9.88. The molecule has 2 aliphatic heterocycles. The number of fused-ring (bicyclic) bond motifs is 1. The van der Waals surface area contributed by atoms with E-state index in [-0.39, 0.29) is 10.7 Å². The molecular weight excluding hydrogens is 315 g/mol. The first-order valence-electron chi connectivity index (χ1n) is 7.29. The van der Waals surface area contributed by atoms with Crippen LogP contribution in [-0.4, -0.2) is 39.8 Å². The monoisotopic (exact) mass is 330 g/mol. The van der Waals surface area contributed by atoms with Crippen LogP contribution in [0.25, 0.3) is 0 Å². The molecule has 2 aliphatic rings. The Balaban J connectivity index is 1.72. The van der Waals surface area contributed by atoms with Gasteiger partial charge in [-0.15, -0.1) is 0 Å². The SMILES string of the molecule is NC1=NCC2CN(c3ncc(F)cn3)CC2(c2ccncc2)S1. The van der Waals surface area contributed by atoms with Crippen molar-refractivity contribution < 1.29 is 4.39 Å². The molecule has 2 N–H and O–H groups in total. The van der Waals surface area contributed by atoms with Gasteiger partial charge in [0.2, 0.25) is 5.95 Å². The van der Waals surface area contributed by atoms with Crippen molar-refractivity contribution in [1.82, 2.24) is 15.0 Å². The molecule has 0 aliphatic carbocycles. The summed E-state index contributed by atoms with van der Waals surface area (Å²) in [7, 11) is 0. The molecule has 8 heteroatoms. The third kappa shape index (κ3) is 2.42. The van der Waals surface area contributed by atoms with Gasteiger partial charge in [0.15, 0.2) is 11.0 Å². The normalized spacial score (nSPS) is 26.7. The van der Waals surface area contributed by atoms with Crippen molar-refractivity contribution in [3.05, 3.63) is 48.3 Å². The van der Waals surface area contributed by atoms with E-state index >= 15 is 0 Å². The second-order valence-electron chi connectivity index (χ2n) is 5.69. The van der Waals surface area contributed by atoms with E-state index < -0.39 is 5.82 Å². The van der Waals surface area contributed by atoms with E-state index in [1.807, 2.05) is 12.1 Å². The Morgan fingerprint density at radius 1 is 1.26 bits per heavy atom. The molecule has 2 aromatic rings. The summed E-state index contributed by atoms with van der Waals surface area (Å²) in [6, 6.07) is 4.04. The first-order valence-corrected chi connectivity index (χ1v) is 8.11. The number of hydrogen-bond acceptors (Lipinski definition) is 7. The van der Waals surface area contributed by atoms with E-state index in [1.165, 1.54) is 18.0 Å². The Labute approximate surface area is 137 Å². The zero-order valence-corrected chi connectivity index (χ0v) is 13.1. The number of thioether (sulfide) groups is 1. The zero-order valence-electron chi connectivity index (χ0n) is 12.3. The second-order valence-corrected chi connectivity index (χ2v) is 7.04. The summed E-state index contributed by atoms with van der Waals surface area (Å²) in [5.41, 5.74) is 7.19. The molecule has 118 valence electrons. The number of aromatic nitrogens is 3. The molecule has 0 radical (unpaired) electrons. The van der Waals surface area contributed by atoms with Crippen LogP contribution >= 0.6 is 11.8 Å². The van der Waals surface area contributed by atoms with E-state index in [1.54, 1.807) is 24.2 Å². The molecule has 23 heavy (non-hydrogen) atoms. The molecule has 0 aromatic carbocycles. The number of halogens is 1. The number of pyridine rings is 1. The van der Waals surface area contributed by atoms with Crippen molar-refractivity contribution >= 4 is 22.9 Å². The topological polar surface area (TPSA) is 80.3 Å². The average Bonchev–Trinajstić information content (AvgIpc) is 2.96. The van der Waals surface area contributed by atoms with Crippen LogP contribution in [-0.2, 0) is 4.75 Å². The van der Waals surface area contributed by atoms with Gasteiger partial charge in [-0.1, -0.05) is 11.8 Å². The van der Waals surface area contributed by atoms with Crippen LogP contribution in [0.4, 0.5) is 10.3 Å². The van der Waals surface area contributed by atoms with Crippen LogP contribution in [0.1, 0.15) is 5.56 Å². The molecule has 0 bridgehead atoms. The molecule has 0 amide bonds. The van der Waals surface area contributed by atoms with Crippen molar-refractivity contribution in [2.75, 3.05) is 24.5 Å². The summed E-state index contributed by atoms with van der Waals surface area (Å²) < 4.78 is 12.9. The van der Waals surface area contributed by atoms with Gasteiger partial charge in [0, 0.05) is 37.9 Å². The minimum atomic E-state index is -0.434. The minimum Gasteiger partial charge on any atom is -0.379 e. The quantitative estimate of drug-likeness (QED) is 0.897. The molecular formula is C15H15FN6S. The molecule has 2 atom stereocenters. The summed E-state index contributed by atoms with van der Waals surface area (Å²) in [5.74, 6) is 0.389. The van der Waals surface area contributed by atoms with Crippen LogP contribution in [0.5, 0.6) is 0 Å². The molecule has 0 saturated carbocycles. The fourth-order valence-corrected chi connectivity index (χ4v) is 4.57. The molecule has 2 aromatic heterocycles. The van der Waals surface area contributed by atoms with Crippen LogP contribution in [0.3, 0.4) is 0 Å². The summed E-state index contributed by atoms with van der Waals surface area (Å²) in [6.07, 6.45) is 5.98. The Morgan fingerprint density at radius 3 is 2.74 bits per heavy atom. The maximum absolute atomic E-state index is 13.1. The fraction of sp³-hybridized carbons (Fsp3) is 0.333. The van der Waals surface area contributed by atoms with Crippen LogP contribution < -0.4 is 10.6 Å². The Morgan fingerprint density at radius 2 is 2.00 bits per heavy atom. The first kappa shape index (κ1) is 14.4. The van der Waals surface area contributed by atoms with E-state index in [2.05, 4.69) is 24.8 Å². The lowest BCUT2D eigenvalue weighted by molar-refractivity contribution is 0.487. The Hall–Kier alpha value is -2.22. The summed E-state index contributed by atoms with van der Waals surface area (Å²) in [4.78, 5) is 18.8. The highest BCUT2D eigenvalue weighted by atomic mass is 32.2. The molecule has 1 fully saturated rings. The van der Waals surface area contributed by atoms with Crippen molar-refractivity contribution in [3.8, 4) is 0 Å². The Kier molecular flexibility index (Phi) is 3.41. The van der Waals surface area contributed by atoms with Crippen molar-refractivity contribution in [1.29, 1.82) is 0 Å². The number of rotatable bonds is 2. The second kappa shape index (κ2) is 5.45.